The summed E-state index contributed by atoms with van der Waals surface area (Å²) in [6.07, 6.45) is 3.75. The van der Waals surface area contributed by atoms with Crippen LogP contribution in [0.5, 0.6) is 0 Å². The SMILES string of the molecule is O=C(Nc1cc(F)c(F)c(C(=O)c2ccc3ncc(N4CCCC4)nc3c2)c1)c1ccc(F)c(F)c1. The van der Waals surface area contributed by atoms with Gasteiger partial charge in [0, 0.05) is 36.0 Å². The number of fused-ring (bicyclic) bond motifs is 1. The second kappa shape index (κ2) is 9.37. The van der Waals surface area contributed by atoms with Crippen molar-refractivity contribution in [3.8, 4) is 0 Å². The van der Waals surface area contributed by atoms with Crippen LogP contribution in [0.15, 0.2) is 54.7 Å². The van der Waals surface area contributed by atoms with Gasteiger partial charge in [-0.15, -0.1) is 0 Å². The molecular formula is C26H18F4N4O2. The predicted octanol–water partition coefficient (Wildman–Crippen LogP) is 5.27. The molecule has 1 saturated heterocycles. The molecule has 1 aromatic heterocycles. The molecule has 5 rings (SSSR count). The number of nitrogens with one attached hydrogen (secondary N) is 1. The van der Waals surface area contributed by atoms with Gasteiger partial charge in [-0.2, -0.15) is 0 Å². The van der Waals surface area contributed by atoms with Crippen LogP contribution in [0.2, 0.25) is 0 Å². The number of aromatic nitrogens is 2. The van der Waals surface area contributed by atoms with Crippen LogP contribution in [0.3, 0.4) is 0 Å². The Balaban J connectivity index is 1.45. The van der Waals surface area contributed by atoms with E-state index in [0.717, 1.165) is 44.1 Å². The first-order valence-electron chi connectivity index (χ1n) is 11.1. The minimum Gasteiger partial charge on any atom is -0.355 e. The summed E-state index contributed by atoms with van der Waals surface area (Å²) in [4.78, 5) is 36.5. The molecule has 1 N–H and O–H groups in total. The number of nitrogens with zero attached hydrogens (tertiary/aromatic N) is 3. The van der Waals surface area contributed by atoms with Crippen LogP contribution in [-0.2, 0) is 0 Å². The van der Waals surface area contributed by atoms with Crippen LogP contribution in [-0.4, -0.2) is 34.7 Å². The number of anilines is 2. The maximum atomic E-state index is 14.6. The number of hydrogen-bond acceptors (Lipinski definition) is 5. The molecule has 0 saturated carbocycles. The smallest absolute Gasteiger partial charge is 0.255 e. The third kappa shape index (κ3) is 4.49. The maximum absolute atomic E-state index is 14.6. The molecule has 1 aliphatic rings. The number of rotatable bonds is 5. The molecule has 0 radical (unpaired) electrons. The Morgan fingerprint density at radius 1 is 0.806 bits per heavy atom. The van der Waals surface area contributed by atoms with Gasteiger partial charge < -0.3 is 10.2 Å². The number of hydrogen-bond donors (Lipinski definition) is 1. The average Bonchev–Trinajstić information content (AvgIpc) is 3.42. The zero-order chi connectivity index (χ0) is 25.4. The van der Waals surface area contributed by atoms with Crippen molar-refractivity contribution in [1.82, 2.24) is 9.97 Å². The first-order chi connectivity index (χ1) is 17.3. The zero-order valence-electron chi connectivity index (χ0n) is 18.7. The minimum atomic E-state index is -1.39. The predicted molar refractivity (Wildman–Crippen MR) is 125 cm³/mol. The van der Waals surface area contributed by atoms with Gasteiger partial charge in [0.25, 0.3) is 5.91 Å². The van der Waals surface area contributed by atoms with Gasteiger partial charge in [0.15, 0.2) is 29.1 Å². The largest absolute Gasteiger partial charge is 0.355 e. The Bertz CT molecular complexity index is 1520. The van der Waals surface area contributed by atoms with Gasteiger partial charge in [0.2, 0.25) is 0 Å². The molecule has 0 unspecified atom stereocenters. The summed E-state index contributed by atoms with van der Waals surface area (Å²) in [6, 6.07) is 8.59. The van der Waals surface area contributed by atoms with Crippen LogP contribution >= 0.6 is 0 Å². The molecule has 0 bridgehead atoms. The third-order valence-electron chi connectivity index (χ3n) is 5.93. The van der Waals surface area contributed by atoms with Gasteiger partial charge in [-0.05, 0) is 55.3 Å². The van der Waals surface area contributed by atoms with Gasteiger partial charge >= 0.3 is 0 Å². The van der Waals surface area contributed by atoms with Gasteiger partial charge in [-0.1, -0.05) is 0 Å². The second-order valence-corrected chi connectivity index (χ2v) is 8.36. The number of carbonyl (C=O) groups is 2. The molecule has 182 valence electrons. The molecule has 6 nitrogen and oxygen atoms in total. The Labute approximate surface area is 202 Å². The number of ketones is 1. The van der Waals surface area contributed by atoms with E-state index in [1.807, 2.05) is 0 Å². The van der Waals surface area contributed by atoms with Crippen LogP contribution in [0, 0.1) is 23.3 Å². The fourth-order valence-corrected chi connectivity index (χ4v) is 4.06. The van der Waals surface area contributed by atoms with Crippen LogP contribution in [0.1, 0.15) is 39.1 Å². The molecule has 4 aromatic rings. The van der Waals surface area contributed by atoms with E-state index in [1.165, 1.54) is 12.1 Å². The van der Waals surface area contributed by atoms with Gasteiger partial charge in [0.1, 0.15) is 5.82 Å². The molecule has 0 spiro atoms. The lowest BCUT2D eigenvalue weighted by Gasteiger charge is -2.16. The Hall–Kier alpha value is -4.34. The van der Waals surface area contributed by atoms with Gasteiger partial charge in [-0.25, -0.2) is 22.5 Å². The Morgan fingerprint density at radius 2 is 1.56 bits per heavy atom. The lowest BCUT2D eigenvalue weighted by atomic mass is 10.0. The molecule has 1 amide bonds. The summed E-state index contributed by atoms with van der Waals surface area (Å²) in [7, 11) is 0. The highest BCUT2D eigenvalue weighted by atomic mass is 19.2. The van der Waals surface area contributed by atoms with Crippen molar-refractivity contribution in [2.24, 2.45) is 0 Å². The first-order valence-corrected chi connectivity index (χ1v) is 11.1. The number of carbonyl (C=O) groups excluding carboxylic acids is 2. The summed E-state index contributed by atoms with van der Waals surface area (Å²) in [5, 5.41) is 2.27. The fourth-order valence-electron chi connectivity index (χ4n) is 4.06. The number of benzene rings is 3. The number of amides is 1. The topological polar surface area (TPSA) is 75.2 Å². The van der Waals surface area contributed by atoms with Crippen molar-refractivity contribution in [2.45, 2.75) is 12.8 Å². The van der Waals surface area contributed by atoms with E-state index in [9.17, 15) is 27.2 Å². The number of halogens is 4. The fraction of sp³-hybridized carbons (Fsp3) is 0.154. The molecule has 1 fully saturated rings. The lowest BCUT2D eigenvalue weighted by molar-refractivity contribution is 0.101. The van der Waals surface area contributed by atoms with E-state index < -0.39 is 40.5 Å². The maximum Gasteiger partial charge on any atom is 0.255 e. The molecule has 1 aliphatic heterocycles. The summed E-state index contributed by atoms with van der Waals surface area (Å²) < 4.78 is 55.6. The molecular weight excluding hydrogens is 476 g/mol. The van der Waals surface area contributed by atoms with Crippen molar-refractivity contribution >= 4 is 34.2 Å². The minimum absolute atomic E-state index is 0.0535. The van der Waals surface area contributed by atoms with Crippen molar-refractivity contribution < 1.29 is 27.2 Å². The van der Waals surface area contributed by atoms with Crippen molar-refractivity contribution in [3.63, 3.8) is 0 Å². The van der Waals surface area contributed by atoms with E-state index in [1.54, 1.807) is 12.3 Å². The van der Waals surface area contributed by atoms with E-state index in [4.69, 9.17) is 0 Å². The second-order valence-electron chi connectivity index (χ2n) is 8.36. The Morgan fingerprint density at radius 3 is 2.31 bits per heavy atom. The van der Waals surface area contributed by atoms with E-state index >= 15 is 0 Å². The highest BCUT2D eigenvalue weighted by Crippen LogP contribution is 2.25. The van der Waals surface area contributed by atoms with E-state index in [2.05, 4.69) is 20.2 Å². The lowest BCUT2D eigenvalue weighted by Crippen LogP contribution is -2.19. The normalized spacial score (nSPS) is 13.3. The Kier molecular flexibility index (Phi) is 6.09. The summed E-state index contributed by atoms with van der Waals surface area (Å²) in [5.41, 5.74) is -0.0729. The monoisotopic (exact) mass is 494 g/mol. The van der Waals surface area contributed by atoms with Crippen LogP contribution in [0.25, 0.3) is 11.0 Å². The third-order valence-corrected chi connectivity index (χ3v) is 5.93. The summed E-state index contributed by atoms with van der Waals surface area (Å²) in [6.45, 7) is 1.71. The highest BCUT2D eigenvalue weighted by molar-refractivity contribution is 6.11. The van der Waals surface area contributed by atoms with E-state index in [0.29, 0.717) is 29.0 Å². The van der Waals surface area contributed by atoms with Gasteiger partial charge in [0.05, 0.1) is 22.8 Å². The molecule has 2 heterocycles. The van der Waals surface area contributed by atoms with Crippen LogP contribution in [0.4, 0.5) is 29.1 Å². The van der Waals surface area contributed by atoms with E-state index in [-0.39, 0.29) is 16.8 Å². The van der Waals surface area contributed by atoms with Gasteiger partial charge in [-0.3, -0.25) is 14.6 Å². The molecule has 3 aromatic carbocycles. The molecule has 0 aliphatic carbocycles. The van der Waals surface area contributed by atoms with Crippen molar-refractivity contribution in [2.75, 3.05) is 23.3 Å². The van der Waals surface area contributed by atoms with Crippen LogP contribution < -0.4 is 10.2 Å². The standard InChI is InChI=1S/C26H18F4N4O2/c27-18-5-3-15(9-19(18)28)26(36)32-16-11-17(24(30)20(29)12-16)25(35)14-4-6-21-22(10-14)33-23(13-31-21)34-7-1-2-8-34/h3-6,9-13H,1-2,7-8H2,(H,32,36). The van der Waals surface area contributed by atoms with Crippen molar-refractivity contribution in [1.29, 1.82) is 0 Å². The summed E-state index contributed by atoms with van der Waals surface area (Å²) >= 11 is 0. The molecule has 10 heteroatoms. The molecule has 36 heavy (non-hydrogen) atoms. The quantitative estimate of drug-likeness (QED) is 0.302. The highest BCUT2D eigenvalue weighted by Gasteiger charge is 2.21. The molecule has 0 atom stereocenters. The average molecular weight is 494 g/mol. The van der Waals surface area contributed by atoms with Crippen molar-refractivity contribution in [3.05, 3.63) is 94.7 Å². The summed E-state index contributed by atoms with van der Waals surface area (Å²) in [5.74, 6) is -6.18. The zero-order valence-corrected chi connectivity index (χ0v) is 18.7. The first kappa shape index (κ1) is 23.4.